The Bertz CT molecular complexity index is 671. The van der Waals surface area contributed by atoms with E-state index >= 15 is 0 Å². The first-order chi connectivity index (χ1) is 10.1. The molecule has 0 spiro atoms. The number of anilines is 2. The molecule has 1 aliphatic rings. The van der Waals surface area contributed by atoms with Gasteiger partial charge in [0, 0.05) is 4.88 Å². The van der Waals surface area contributed by atoms with Crippen LogP contribution in [0.15, 0.2) is 24.3 Å². The van der Waals surface area contributed by atoms with Gasteiger partial charge < -0.3 is 5.32 Å². The van der Waals surface area contributed by atoms with Crippen LogP contribution in [0.5, 0.6) is 0 Å². The van der Waals surface area contributed by atoms with E-state index in [0.717, 1.165) is 25.0 Å². The van der Waals surface area contributed by atoms with Crippen molar-refractivity contribution >= 4 is 28.2 Å². The summed E-state index contributed by atoms with van der Waals surface area (Å²) in [4.78, 5) is 17.6. The molecule has 6 heteroatoms. The number of rotatable bonds is 2. The lowest BCUT2D eigenvalue weighted by Crippen LogP contribution is -2.20. The maximum atomic E-state index is 13.5. The van der Waals surface area contributed by atoms with Crippen molar-refractivity contribution in [2.45, 2.75) is 26.2 Å². The molecule has 1 aromatic carbocycles. The van der Waals surface area contributed by atoms with E-state index in [4.69, 9.17) is 0 Å². The Hall–Kier alpha value is -1.95. The number of nitrogens with zero attached hydrogens (tertiary/aromatic N) is 1. The number of aromatic nitrogens is 1. The van der Waals surface area contributed by atoms with Crippen LogP contribution in [0, 0.1) is 11.7 Å². The average molecular weight is 305 g/mol. The molecule has 0 bridgehead atoms. The van der Waals surface area contributed by atoms with Crippen molar-refractivity contribution in [3.8, 4) is 0 Å². The van der Waals surface area contributed by atoms with Crippen molar-refractivity contribution in [3.63, 3.8) is 0 Å². The quantitative estimate of drug-likeness (QED) is 0.879. The highest BCUT2D eigenvalue weighted by molar-refractivity contribution is 7.15. The highest BCUT2D eigenvalue weighted by Gasteiger charge is 2.20. The SMILES string of the molecule is C[C@@H]1CCc2nc(NC(=O)Nc3ccccc3F)sc2C1. The van der Waals surface area contributed by atoms with Gasteiger partial charge in [-0.15, -0.1) is 11.3 Å². The fourth-order valence-electron chi connectivity index (χ4n) is 2.41. The van der Waals surface area contributed by atoms with E-state index in [9.17, 15) is 9.18 Å². The third kappa shape index (κ3) is 3.21. The molecule has 2 aromatic rings. The molecule has 0 saturated heterocycles. The van der Waals surface area contributed by atoms with Crippen molar-refractivity contribution in [2.24, 2.45) is 5.92 Å². The van der Waals surface area contributed by atoms with E-state index in [2.05, 4.69) is 22.5 Å². The zero-order chi connectivity index (χ0) is 14.8. The number of nitrogens with one attached hydrogen (secondary N) is 2. The number of hydrogen-bond donors (Lipinski definition) is 2. The molecule has 1 heterocycles. The molecule has 3 rings (SSSR count). The van der Waals surface area contributed by atoms with Crippen LogP contribution in [0.3, 0.4) is 0 Å². The summed E-state index contributed by atoms with van der Waals surface area (Å²) in [6.07, 6.45) is 3.12. The van der Waals surface area contributed by atoms with E-state index in [1.165, 1.54) is 28.3 Å². The molecule has 1 aromatic heterocycles. The zero-order valence-corrected chi connectivity index (χ0v) is 12.5. The second kappa shape index (κ2) is 5.81. The molecule has 110 valence electrons. The highest BCUT2D eigenvalue weighted by atomic mass is 32.1. The zero-order valence-electron chi connectivity index (χ0n) is 11.6. The lowest BCUT2D eigenvalue weighted by Gasteiger charge is -2.15. The second-order valence-electron chi connectivity index (χ2n) is 5.30. The summed E-state index contributed by atoms with van der Waals surface area (Å²) in [6.45, 7) is 2.22. The van der Waals surface area contributed by atoms with E-state index in [1.54, 1.807) is 12.1 Å². The molecule has 2 N–H and O–H groups in total. The number of carbonyl (C=O) groups excluding carboxylic acids is 1. The topological polar surface area (TPSA) is 54.0 Å². The third-order valence-corrected chi connectivity index (χ3v) is 4.56. The summed E-state index contributed by atoms with van der Waals surface area (Å²) in [5.41, 5.74) is 1.24. The fraction of sp³-hybridized carbons (Fsp3) is 0.333. The predicted octanol–water partition coefficient (Wildman–Crippen LogP) is 4.05. The number of thiazole rings is 1. The van der Waals surface area contributed by atoms with Gasteiger partial charge in [0.2, 0.25) is 0 Å². The summed E-state index contributed by atoms with van der Waals surface area (Å²) in [7, 11) is 0. The molecule has 0 unspecified atom stereocenters. The first-order valence-electron chi connectivity index (χ1n) is 6.93. The maximum Gasteiger partial charge on any atom is 0.325 e. The van der Waals surface area contributed by atoms with Gasteiger partial charge in [0.05, 0.1) is 11.4 Å². The van der Waals surface area contributed by atoms with E-state index in [0.29, 0.717) is 11.0 Å². The molecule has 1 atom stereocenters. The Morgan fingerprint density at radius 1 is 1.38 bits per heavy atom. The first-order valence-corrected chi connectivity index (χ1v) is 7.74. The summed E-state index contributed by atoms with van der Waals surface area (Å²) < 4.78 is 13.5. The number of aryl methyl sites for hydroxylation is 1. The van der Waals surface area contributed by atoms with Gasteiger partial charge >= 0.3 is 6.03 Å². The van der Waals surface area contributed by atoms with Crippen LogP contribution in [-0.2, 0) is 12.8 Å². The predicted molar refractivity (Wildman–Crippen MR) is 82.3 cm³/mol. The van der Waals surface area contributed by atoms with Crippen LogP contribution in [0.4, 0.5) is 20.0 Å². The highest BCUT2D eigenvalue weighted by Crippen LogP contribution is 2.32. The van der Waals surface area contributed by atoms with Crippen LogP contribution in [-0.4, -0.2) is 11.0 Å². The number of carbonyl (C=O) groups is 1. The van der Waals surface area contributed by atoms with Gasteiger partial charge in [-0.05, 0) is 37.3 Å². The van der Waals surface area contributed by atoms with Crippen molar-refractivity contribution in [1.82, 2.24) is 4.98 Å². The Morgan fingerprint density at radius 2 is 2.19 bits per heavy atom. The Labute approximate surface area is 126 Å². The lowest BCUT2D eigenvalue weighted by molar-refractivity contribution is 0.262. The number of fused-ring (bicyclic) bond motifs is 1. The minimum atomic E-state index is -0.473. The van der Waals surface area contributed by atoms with E-state index in [-0.39, 0.29) is 5.69 Å². The molecule has 0 radical (unpaired) electrons. The lowest BCUT2D eigenvalue weighted by atomic mass is 9.93. The number of benzene rings is 1. The molecule has 4 nitrogen and oxygen atoms in total. The van der Waals surface area contributed by atoms with Gasteiger partial charge in [-0.1, -0.05) is 19.1 Å². The summed E-state index contributed by atoms with van der Waals surface area (Å²) >= 11 is 1.51. The third-order valence-electron chi connectivity index (χ3n) is 3.53. The number of halogens is 1. The van der Waals surface area contributed by atoms with Crippen LogP contribution >= 0.6 is 11.3 Å². The Balaban J connectivity index is 1.67. The second-order valence-corrected chi connectivity index (χ2v) is 6.38. The summed E-state index contributed by atoms with van der Waals surface area (Å²) in [5, 5.41) is 5.74. The smallest absolute Gasteiger partial charge is 0.305 e. The van der Waals surface area contributed by atoms with Crippen molar-refractivity contribution < 1.29 is 9.18 Å². The molecule has 1 aliphatic carbocycles. The van der Waals surface area contributed by atoms with Crippen molar-refractivity contribution in [2.75, 3.05) is 10.6 Å². The standard InChI is InChI=1S/C15H16FN3OS/c1-9-6-7-12-13(8-9)21-15(18-12)19-14(20)17-11-5-3-2-4-10(11)16/h2-5,9H,6-8H2,1H3,(H2,17,18,19,20)/t9-/m1/s1. The number of amides is 2. The van der Waals surface area contributed by atoms with Gasteiger partial charge in [-0.3, -0.25) is 5.32 Å². The van der Waals surface area contributed by atoms with Crippen LogP contribution in [0.1, 0.15) is 23.9 Å². The van der Waals surface area contributed by atoms with Crippen LogP contribution < -0.4 is 10.6 Å². The van der Waals surface area contributed by atoms with Gasteiger partial charge in [0.15, 0.2) is 5.13 Å². The molecular weight excluding hydrogens is 289 g/mol. The minimum absolute atomic E-state index is 0.157. The molecular formula is C15H16FN3OS. The summed E-state index contributed by atoms with van der Waals surface area (Å²) in [6, 6.07) is 5.60. The minimum Gasteiger partial charge on any atom is -0.305 e. The molecule has 0 aliphatic heterocycles. The van der Waals surface area contributed by atoms with Crippen molar-refractivity contribution in [1.29, 1.82) is 0 Å². The number of hydrogen-bond acceptors (Lipinski definition) is 3. The summed E-state index contributed by atoms with van der Waals surface area (Å²) in [5.74, 6) is 0.206. The largest absolute Gasteiger partial charge is 0.325 e. The van der Waals surface area contributed by atoms with E-state index in [1.807, 2.05) is 0 Å². The van der Waals surface area contributed by atoms with Gasteiger partial charge in [0.1, 0.15) is 5.82 Å². The van der Waals surface area contributed by atoms with Gasteiger partial charge in [0.25, 0.3) is 0 Å². The number of para-hydroxylation sites is 1. The first kappa shape index (κ1) is 14.0. The average Bonchev–Trinajstić information content (AvgIpc) is 2.82. The van der Waals surface area contributed by atoms with Gasteiger partial charge in [-0.2, -0.15) is 0 Å². The molecule has 0 fully saturated rings. The molecule has 0 saturated carbocycles. The van der Waals surface area contributed by atoms with Crippen molar-refractivity contribution in [3.05, 3.63) is 40.7 Å². The monoisotopic (exact) mass is 305 g/mol. The van der Waals surface area contributed by atoms with E-state index < -0.39 is 11.8 Å². The molecule has 21 heavy (non-hydrogen) atoms. The Kier molecular flexibility index (Phi) is 3.88. The fourth-order valence-corrected chi connectivity index (χ4v) is 3.57. The van der Waals surface area contributed by atoms with Crippen LogP contribution in [0.25, 0.3) is 0 Å². The maximum absolute atomic E-state index is 13.5. The molecule has 2 amide bonds. The number of urea groups is 1. The normalized spacial score (nSPS) is 17.1. The van der Waals surface area contributed by atoms with Gasteiger partial charge in [-0.25, -0.2) is 14.2 Å². The van der Waals surface area contributed by atoms with Crippen LogP contribution in [0.2, 0.25) is 0 Å². The Morgan fingerprint density at radius 3 is 3.00 bits per heavy atom.